The average Bonchev–Trinajstić information content (AvgIpc) is 3.31. The first-order valence-corrected chi connectivity index (χ1v) is 14.3. The average molecular weight is 579 g/mol. The predicted molar refractivity (Wildman–Crippen MR) is 129 cm³/mol. The van der Waals surface area contributed by atoms with Crippen LogP contribution in [0.3, 0.4) is 0 Å². The van der Waals surface area contributed by atoms with Crippen molar-refractivity contribution in [1.82, 2.24) is 14.3 Å². The van der Waals surface area contributed by atoms with Gasteiger partial charge in [-0.05, 0) is 65.6 Å². The maximum atomic E-state index is 13.5. The van der Waals surface area contributed by atoms with Crippen molar-refractivity contribution < 1.29 is 13.2 Å². The van der Waals surface area contributed by atoms with Crippen LogP contribution in [0.5, 0.6) is 0 Å². The Morgan fingerprint density at radius 1 is 1.20 bits per heavy atom. The molecule has 30 heavy (non-hydrogen) atoms. The summed E-state index contributed by atoms with van der Waals surface area (Å²) in [5.74, 6) is 1.31. The van der Waals surface area contributed by atoms with Crippen LogP contribution < -0.4 is 5.32 Å². The van der Waals surface area contributed by atoms with Crippen LogP contribution >= 0.6 is 51.8 Å². The fourth-order valence-corrected chi connectivity index (χ4v) is 5.71. The lowest BCUT2D eigenvalue weighted by molar-refractivity contribution is 0.140. The van der Waals surface area contributed by atoms with E-state index in [9.17, 15) is 8.78 Å². The topological polar surface area (TPSA) is 55.9 Å². The Hall–Kier alpha value is -1.42. The molecule has 1 atom stereocenters. The second-order valence-corrected chi connectivity index (χ2v) is 9.60. The number of rotatable bonds is 6. The number of pyridine rings is 1. The first kappa shape index (κ1) is 21.8. The molecule has 0 fully saturated rings. The number of fused-ring (bicyclic) bond motifs is 1. The van der Waals surface area contributed by atoms with Crippen LogP contribution in [-0.2, 0) is 0 Å². The van der Waals surface area contributed by atoms with Gasteiger partial charge in [0.1, 0.15) is 22.2 Å². The van der Waals surface area contributed by atoms with Gasteiger partial charge in [-0.2, -0.15) is 0 Å². The Kier molecular flexibility index (Phi) is 6.53. The highest BCUT2D eigenvalue weighted by molar-refractivity contribution is 14.2. The van der Waals surface area contributed by atoms with Crippen LogP contribution in [0.1, 0.15) is 18.0 Å². The molecule has 4 rings (SSSR count). The highest BCUT2D eigenvalue weighted by Crippen LogP contribution is 2.39. The second kappa shape index (κ2) is 8.98. The molecule has 0 bridgehead atoms. The van der Waals surface area contributed by atoms with Gasteiger partial charge in [0.25, 0.3) is 6.43 Å². The number of anilines is 2. The molecule has 0 aliphatic carbocycles. The molecule has 0 aliphatic rings. The number of benzene rings is 1. The molecular formula is C19H15ClF2IN4OPS. The molecule has 1 N–H and O–H groups in total. The second-order valence-electron chi connectivity index (χ2n) is 6.31. The van der Waals surface area contributed by atoms with Crippen molar-refractivity contribution in [3.8, 4) is 11.3 Å². The number of nitrogens with zero attached hydrogens (tertiary/aromatic N) is 3. The highest BCUT2D eigenvalue weighted by atomic mass is 127. The quantitative estimate of drug-likeness (QED) is 0.109. The van der Waals surface area contributed by atoms with E-state index in [2.05, 4.69) is 15.3 Å². The zero-order valence-electron chi connectivity index (χ0n) is 15.7. The molecule has 0 radical (unpaired) electrons. The molecule has 3 aromatic heterocycles. The zero-order valence-corrected chi connectivity index (χ0v) is 20.4. The summed E-state index contributed by atoms with van der Waals surface area (Å²) in [4.78, 5) is 9.35. The SMILES string of the molecule is CSc1cc(-c2ccc(C)o2)ccc1Nc1cc(Cl)nc2c1nc(C(F)F)n2PI. The molecule has 0 saturated heterocycles. The summed E-state index contributed by atoms with van der Waals surface area (Å²) in [5, 5.41) is 3.50. The van der Waals surface area contributed by atoms with Crippen LogP contribution in [0.4, 0.5) is 20.2 Å². The minimum atomic E-state index is -2.70. The van der Waals surface area contributed by atoms with Crippen molar-refractivity contribution in [3.05, 3.63) is 53.1 Å². The number of thioether (sulfide) groups is 1. The number of halogens is 4. The minimum absolute atomic E-state index is 0.0232. The van der Waals surface area contributed by atoms with Crippen molar-refractivity contribution in [2.45, 2.75) is 18.2 Å². The lowest BCUT2D eigenvalue weighted by Crippen LogP contribution is -1.96. The third-order valence-corrected chi connectivity index (χ3v) is 7.41. The van der Waals surface area contributed by atoms with Gasteiger partial charge in [-0.1, -0.05) is 11.6 Å². The molecule has 1 aromatic carbocycles. The van der Waals surface area contributed by atoms with Crippen LogP contribution in [-0.4, -0.2) is 20.6 Å². The Labute approximate surface area is 195 Å². The fraction of sp³-hybridized carbons (Fsp3) is 0.158. The third-order valence-electron chi connectivity index (χ3n) is 4.39. The Morgan fingerprint density at radius 3 is 2.63 bits per heavy atom. The molecule has 3 heterocycles. The summed E-state index contributed by atoms with van der Waals surface area (Å²) in [6, 6.07) is 11.3. The summed E-state index contributed by atoms with van der Waals surface area (Å²) in [5.41, 5.74) is 2.98. The third kappa shape index (κ3) is 4.17. The summed E-state index contributed by atoms with van der Waals surface area (Å²) >= 11 is 9.78. The van der Waals surface area contributed by atoms with Crippen molar-refractivity contribution >= 4 is 74.3 Å². The zero-order chi connectivity index (χ0) is 21.4. The molecule has 1 unspecified atom stereocenters. The summed E-state index contributed by atoms with van der Waals surface area (Å²) < 4.78 is 34.0. The highest BCUT2D eigenvalue weighted by Gasteiger charge is 2.22. The van der Waals surface area contributed by atoms with E-state index < -0.39 is 6.43 Å². The number of alkyl halides is 2. The summed E-state index contributed by atoms with van der Waals surface area (Å²) in [6.07, 6.45) is -0.714. The molecule has 0 spiro atoms. The number of nitrogens with one attached hydrogen (secondary N) is 1. The molecule has 0 saturated carbocycles. The van der Waals surface area contributed by atoms with E-state index >= 15 is 0 Å². The van der Waals surface area contributed by atoms with Crippen LogP contribution in [0, 0.1) is 6.92 Å². The van der Waals surface area contributed by atoms with Crippen LogP contribution in [0.25, 0.3) is 22.5 Å². The van der Waals surface area contributed by atoms with Gasteiger partial charge in [-0.25, -0.2) is 18.7 Å². The maximum Gasteiger partial charge on any atom is 0.295 e. The normalized spacial score (nSPS) is 12.0. The molecule has 0 aliphatic heterocycles. The first-order valence-electron chi connectivity index (χ1n) is 8.67. The number of furan rings is 1. The van der Waals surface area contributed by atoms with E-state index in [0.717, 1.165) is 27.7 Å². The first-order chi connectivity index (χ1) is 14.4. The van der Waals surface area contributed by atoms with Crippen molar-refractivity contribution in [3.63, 3.8) is 0 Å². The fourth-order valence-electron chi connectivity index (χ4n) is 3.04. The van der Waals surface area contributed by atoms with Crippen LogP contribution in [0.2, 0.25) is 5.15 Å². The summed E-state index contributed by atoms with van der Waals surface area (Å²) in [7, 11) is 0. The van der Waals surface area contributed by atoms with Crippen molar-refractivity contribution in [2.24, 2.45) is 0 Å². The molecule has 4 aromatic rings. The van der Waals surface area contributed by atoms with Gasteiger partial charge in [-0.3, -0.25) is 4.34 Å². The van der Waals surface area contributed by atoms with Gasteiger partial charge < -0.3 is 9.73 Å². The molecular weight excluding hydrogens is 564 g/mol. The molecule has 11 heteroatoms. The Morgan fingerprint density at radius 2 is 2.00 bits per heavy atom. The minimum Gasteiger partial charge on any atom is -0.461 e. The Balaban J connectivity index is 1.79. The van der Waals surface area contributed by atoms with Gasteiger partial charge in [0.05, 0.1) is 17.7 Å². The number of hydrogen-bond acceptors (Lipinski definition) is 5. The van der Waals surface area contributed by atoms with Gasteiger partial charge in [0, 0.05) is 16.5 Å². The van der Waals surface area contributed by atoms with E-state index in [1.54, 1.807) is 17.8 Å². The predicted octanol–water partition coefficient (Wildman–Crippen LogP) is 7.85. The molecule has 156 valence electrons. The lowest BCUT2D eigenvalue weighted by atomic mass is 10.1. The van der Waals surface area contributed by atoms with E-state index in [-0.39, 0.29) is 17.4 Å². The largest absolute Gasteiger partial charge is 0.461 e. The number of aryl methyl sites for hydroxylation is 1. The van der Waals surface area contributed by atoms with E-state index in [1.165, 1.54) is 4.34 Å². The monoisotopic (exact) mass is 578 g/mol. The lowest BCUT2D eigenvalue weighted by Gasteiger charge is -2.13. The van der Waals surface area contributed by atoms with Gasteiger partial charge in [-0.15, -0.1) is 11.8 Å². The van der Waals surface area contributed by atoms with E-state index in [4.69, 9.17) is 16.0 Å². The molecule has 5 nitrogen and oxygen atoms in total. The number of aromatic nitrogens is 3. The van der Waals surface area contributed by atoms with E-state index in [1.807, 2.05) is 65.6 Å². The van der Waals surface area contributed by atoms with Crippen molar-refractivity contribution in [1.29, 1.82) is 0 Å². The standard InChI is InChI=1S/C19H15ClF2IN4OPS/c1-9-3-6-13(28-9)10-4-5-11(14(7-10)30-2)24-12-8-15(20)25-18-16(12)26-19(17(21)22)27(18)29-23/h3-8,17,29H,1-2H3,(H,24,25). The van der Waals surface area contributed by atoms with Crippen molar-refractivity contribution in [2.75, 3.05) is 11.6 Å². The van der Waals surface area contributed by atoms with Gasteiger partial charge in [0.15, 0.2) is 11.5 Å². The maximum absolute atomic E-state index is 13.5. The van der Waals surface area contributed by atoms with Crippen LogP contribution in [0.15, 0.2) is 45.7 Å². The number of imidazole rings is 1. The molecule has 0 amide bonds. The summed E-state index contributed by atoms with van der Waals surface area (Å²) in [6.45, 7) is 1.90. The Bertz CT molecular complexity index is 1230. The van der Waals surface area contributed by atoms with Gasteiger partial charge >= 0.3 is 0 Å². The smallest absolute Gasteiger partial charge is 0.295 e. The van der Waals surface area contributed by atoms with E-state index in [0.29, 0.717) is 16.9 Å². The van der Waals surface area contributed by atoms with Gasteiger partial charge in [0.2, 0.25) is 0 Å². The number of hydrogen-bond donors (Lipinski definition) is 1.